The highest BCUT2D eigenvalue weighted by Gasteiger charge is 2.28. The largest absolute Gasteiger partial charge is 0.492 e. The third-order valence-corrected chi connectivity index (χ3v) is 9.15. The first-order valence-electron chi connectivity index (χ1n) is 16.9. The molecule has 0 fully saturated rings. The molecule has 1 aliphatic carbocycles. The number of methoxy groups -OCH3 is 1. The Kier molecular flexibility index (Phi) is 12.0. The third-order valence-electron chi connectivity index (χ3n) is 9.15. The van der Waals surface area contributed by atoms with Crippen LogP contribution in [0.25, 0.3) is 0 Å². The lowest BCUT2D eigenvalue weighted by Crippen LogP contribution is -2.30. The summed E-state index contributed by atoms with van der Waals surface area (Å²) < 4.78 is 16.7. The second-order valence-corrected chi connectivity index (χ2v) is 12.3. The third kappa shape index (κ3) is 8.45. The van der Waals surface area contributed by atoms with E-state index in [9.17, 15) is 4.79 Å². The van der Waals surface area contributed by atoms with Crippen LogP contribution in [0.5, 0.6) is 5.75 Å². The van der Waals surface area contributed by atoms with Crippen LogP contribution >= 0.6 is 0 Å². The Balaban J connectivity index is 1.31. The first-order valence-corrected chi connectivity index (χ1v) is 16.9. The molecule has 5 nitrogen and oxygen atoms in total. The van der Waals surface area contributed by atoms with Crippen molar-refractivity contribution in [3.63, 3.8) is 0 Å². The van der Waals surface area contributed by atoms with E-state index in [4.69, 9.17) is 14.2 Å². The first-order chi connectivity index (χ1) is 22.5. The van der Waals surface area contributed by atoms with Crippen LogP contribution in [0.4, 0.5) is 0 Å². The van der Waals surface area contributed by atoms with E-state index in [1.165, 1.54) is 46.1 Å². The van der Waals surface area contributed by atoms with Gasteiger partial charge < -0.3 is 14.2 Å². The summed E-state index contributed by atoms with van der Waals surface area (Å²) in [5.74, 6) is 0.483. The Bertz CT molecular complexity index is 1550. The summed E-state index contributed by atoms with van der Waals surface area (Å²) in [6, 6.07) is 33.0. The van der Waals surface area contributed by atoms with Gasteiger partial charge in [-0.3, -0.25) is 4.90 Å². The molecule has 0 bridgehead atoms. The van der Waals surface area contributed by atoms with E-state index in [-0.39, 0.29) is 12.0 Å². The number of hydrogen-bond donors (Lipinski definition) is 0. The lowest BCUT2D eigenvalue weighted by Gasteiger charge is -2.31. The van der Waals surface area contributed by atoms with Gasteiger partial charge in [-0.1, -0.05) is 92.2 Å². The summed E-state index contributed by atoms with van der Waals surface area (Å²) in [5, 5.41) is 0. The van der Waals surface area contributed by atoms with Gasteiger partial charge in [-0.05, 0) is 103 Å². The van der Waals surface area contributed by atoms with Crippen LogP contribution in [0, 0.1) is 0 Å². The van der Waals surface area contributed by atoms with Gasteiger partial charge in [0.1, 0.15) is 12.4 Å². The quantitative estimate of drug-likeness (QED) is 0.127. The lowest BCUT2D eigenvalue weighted by atomic mass is 9.89. The van der Waals surface area contributed by atoms with Crippen LogP contribution in [-0.2, 0) is 52.8 Å². The zero-order valence-electron chi connectivity index (χ0n) is 28.0. The van der Waals surface area contributed by atoms with Crippen molar-refractivity contribution in [2.75, 3.05) is 33.9 Å². The molecule has 2 unspecified atom stereocenters. The first kappa shape index (κ1) is 33.4. The molecule has 0 radical (unpaired) electrons. The fourth-order valence-corrected chi connectivity index (χ4v) is 6.73. The molecule has 0 saturated carbocycles. The van der Waals surface area contributed by atoms with E-state index in [1.54, 1.807) is 6.92 Å². The molecular formula is C41H49NO4. The van der Waals surface area contributed by atoms with Crippen molar-refractivity contribution in [1.82, 2.24) is 4.90 Å². The van der Waals surface area contributed by atoms with Gasteiger partial charge in [0.2, 0.25) is 0 Å². The number of esters is 1. The average molecular weight is 620 g/mol. The molecule has 0 heterocycles. The smallest absolute Gasteiger partial charge is 0.335 e. The van der Waals surface area contributed by atoms with Crippen LogP contribution in [-0.4, -0.2) is 50.9 Å². The number of rotatable bonds is 15. The fraction of sp³-hybridized carbons (Fsp3) is 0.390. The summed E-state index contributed by atoms with van der Waals surface area (Å²) in [6.45, 7) is 5.75. The minimum Gasteiger partial charge on any atom is -0.492 e. The lowest BCUT2D eigenvalue weighted by molar-refractivity contribution is -0.154. The van der Waals surface area contributed by atoms with E-state index in [0.717, 1.165) is 56.4 Å². The summed E-state index contributed by atoms with van der Waals surface area (Å²) in [7, 11) is 3.77. The number of ether oxygens (including phenoxy) is 3. The highest BCUT2D eigenvalue weighted by Crippen LogP contribution is 2.38. The molecular weight excluding hydrogens is 570 g/mol. The van der Waals surface area contributed by atoms with E-state index in [1.807, 2.05) is 24.3 Å². The Morgan fingerprint density at radius 2 is 1.61 bits per heavy atom. The van der Waals surface area contributed by atoms with Crippen molar-refractivity contribution in [1.29, 1.82) is 0 Å². The summed E-state index contributed by atoms with van der Waals surface area (Å²) in [4.78, 5) is 14.6. The van der Waals surface area contributed by atoms with Gasteiger partial charge in [-0.2, -0.15) is 0 Å². The zero-order chi connectivity index (χ0) is 32.3. The van der Waals surface area contributed by atoms with Crippen LogP contribution in [0.2, 0.25) is 0 Å². The molecule has 5 heteroatoms. The van der Waals surface area contributed by atoms with E-state index >= 15 is 0 Å². The molecule has 0 aromatic heterocycles. The number of carbonyl (C=O) groups excluding carboxylic acids is 1. The monoisotopic (exact) mass is 619 g/mol. The Hall–Kier alpha value is -3.93. The number of benzene rings is 4. The summed E-state index contributed by atoms with van der Waals surface area (Å²) in [5.41, 5.74) is 11.1. The van der Waals surface area contributed by atoms with Gasteiger partial charge >= 0.3 is 5.97 Å². The second-order valence-electron chi connectivity index (χ2n) is 12.3. The predicted molar refractivity (Wildman–Crippen MR) is 186 cm³/mol. The maximum atomic E-state index is 12.1. The number of carbonyl (C=O) groups is 1. The molecule has 5 rings (SSSR count). The average Bonchev–Trinajstić information content (AvgIpc) is 3.24. The van der Waals surface area contributed by atoms with Crippen molar-refractivity contribution in [3.8, 4) is 5.75 Å². The van der Waals surface area contributed by atoms with E-state index in [2.05, 4.69) is 85.6 Å². The maximum Gasteiger partial charge on any atom is 0.335 e. The number of fused-ring (bicyclic) bond motifs is 2. The Labute approximate surface area is 275 Å². The molecule has 4 aromatic carbocycles. The molecule has 0 amide bonds. The Morgan fingerprint density at radius 1 is 0.826 bits per heavy atom. The zero-order valence-corrected chi connectivity index (χ0v) is 28.0. The molecule has 46 heavy (non-hydrogen) atoms. The minimum absolute atomic E-state index is 0.166. The Morgan fingerprint density at radius 3 is 2.35 bits per heavy atom. The van der Waals surface area contributed by atoms with Crippen molar-refractivity contribution >= 4 is 5.97 Å². The molecule has 4 aromatic rings. The van der Waals surface area contributed by atoms with Crippen LogP contribution < -0.4 is 4.74 Å². The maximum absolute atomic E-state index is 12.1. The topological polar surface area (TPSA) is 48.0 Å². The van der Waals surface area contributed by atoms with Gasteiger partial charge in [0.25, 0.3) is 0 Å². The van der Waals surface area contributed by atoms with E-state index < -0.39 is 6.10 Å². The van der Waals surface area contributed by atoms with Gasteiger partial charge in [0.05, 0.1) is 12.6 Å². The summed E-state index contributed by atoms with van der Waals surface area (Å²) >= 11 is 0. The highest BCUT2D eigenvalue weighted by atomic mass is 16.6. The van der Waals surface area contributed by atoms with Crippen molar-refractivity contribution in [2.45, 2.75) is 70.9 Å². The number of aryl methyl sites for hydroxylation is 4. The predicted octanol–water partition coefficient (Wildman–Crippen LogP) is 7.74. The molecule has 1 aliphatic rings. The molecule has 0 saturated heterocycles. The van der Waals surface area contributed by atoms with Gasteiger partial charge in [0.15, 0.2) is 6.10 Å². The number of likely N-dealkylation sites (N-methyl/N-ethyl adjacent to an activating group) is 1. The molecule has 0 N–H and O–H groups in total. The van der Waals surface area contributed by atoms with Gasteiger partial charge in [-0.25, -0.2) is 4.79 Å². The van der Waals surface area contributed by atoms with Gasteiger partial charge in [-0.15, -0.1) is 0 Å². The van der Waals surface area contributed by atoms with Crippen molar-refractivity contribution in [2.24, 2.45) is 0 Å². The summed E-state index contributed by atoms with van der Waals surface area (Å²) in [6.07, 6.45) is 6.35. The van der Waals surface area contributed by atoms with E-state index in [0.29, 0.717) is 19.6 Å². The minimum atomic E-state index is -0.609. The highest BCUT2D eigenvalue weighted by molar-refractivity contribution is 5.75. The van der Waals surface area contributed by atoms with Crippen LogP contribution in [0.3, 0.4) is 0 Å². The van der Waals surface area contributed by atoms with Crippen molar-refractivity contribution < 1.29 is 19.0 Å². The second kappa shape index (κ2) is 16.6. The van der Waals surface area contributed by atoms with Gasteiger partial charge in [0, 0.05) is 20.1 Å². The number of nitrogens with zero attached hydrogens (tertiary/aromatic N) is 1. The fourth-order valence-electron chi connectivity index (χ4n) is 6.73. The van der Waals surface area contributed by atoms with Crippen LogP contribution in [0.15, 0.2) is 91.0 Å². The standard InChI is InChI=1S/C41H49NO4/c1-5-11-31-19-24-37-34(28-31)21-25-36-33(20-16-30-12-8-7-9-13-30)14-10-15-38(36)40(37)42(3)26-27-46-35-22-17-32(18-23-35)29-39(44-4)41(43)45-6-2/h7-10,12-15,17-19,22-24,28,39-40H,5-6,11,16,20-21,25-27,29H2,1-4H3. The van der Waals surface area contributed by atoms with Crippen LogP contribution in [0.1, 0.15) is 70.8 Å². The molecule has 0 aliphatic heterocycles. The molecule has 242 valence electrons. The normalized spacial score (nSPS) is 14.7. The number of hydrogen-bond acceptors (Lipinski definition) is 5. The molecule has 2 atom stereocenters. The molecule has 0 spiro atoms. The van der Waals surface area contributed by atoms with Crippen molar-refractivity contribution in [3.05, 3.63) is 136 Å². The SMILES string of the molecule is CCCc1ccc2c(c1)CCc1c(CCc3ccccc3)cccc1C2N(C)CCOc1ccc(CC(OC)C(=O)OCC)cc1.